The highest BCUT2D eigenvalue weighted by Gasteiger charge is 2.37. The van der Waals surface area contributed by atoms with Crippen molar-refractivity contribution in [3.63, 3.8) is 0 Å². The number of hydrogen-bond acceptors (Lipinski definition) is 4. The average molecular weight is 426 g/mol. The third kappa shape index (κ3) is 3.58. The molecule has 0 fully saturated rings. The fourth-order valence-electron chi connectivity index (χ4n) is 4.04. The average Bonchev–Trinajstić information content (AvgIpc) is 3.21. The molecule has 1 aromatic heterocycles. The number of amides is 2. The highest BCUT2D eigenvalue weighted by molar-refractivity contribution is 6.04. The molecule has 2 amide bonds. The molecule has 1 N–H and O–H groups in total. The van der Waals surface area contributed by atoms with Crippen molar-refractivity contribution in [1.29, 1.82) is 0 Å². The maximum atomic E-state index is 13.3. The van der Waals surface area contributed by atoms with Crippen LogP contribution in [0.15, 0.2) is 78.9 Å². The van der Waals surface area contributed by atoms with Crippen LogP contribution in [0.4, 0.5) is 11.6 Å². The van der Waals surface area contributed by atoms with Gasteiger partial charge in [-0.25, -0.2) is 4.98 Å². The number of fused-ring (bicyclic) bond motifs is 3. The number of ether oxygens (including phenoxy) is 1. The maximum absolute atomic E-state index is 13.3. The summed E-state index contributed by atoms with van der Waals surface area (Å²) in [5, 5.41) is 2.93. The molecule has 2 heterocycles. The van der Waals surface area contributed by atoms with Gasteiger partial charge in [-0.3, -0.25) is 19.1 Å². The molecule has 4 aromatic rings. The van der Waals surface area contributed by atoms with Gasteiger partial charge in [0.25, 0.3) is 0 Å². The number of imidazole rings is 1. The Morgan fingerprint density at radius 1 is 1.03 bits per heavy atom. The molecule has 1 aliphatic rings. The van der Waals surface area contributed by atoms with Gasteiger partial charge in [0, 0.05) is 5.69 Å². The zero-order valence-electron chi connectivity index (χ0n) is 17.6. The lowest BCUT2D eigenvalue weighted by atomic mass is 10.1. The number of aromatic nitrogens is 2. The van der Waals surface area contributed by atoms with Gasteiger partial charge >= 0.3 is 0 Å². The zero-order valence-corrected chi connectivity index (χ0v) is 17.6. The molecule has 0 saturated heterocycles. The number of rotatable bonds is 5. The van der Waals surface area contributed by atoms with Crippen LogP contribution in [-0.4, -0.2) is 28.5 Å². The van der Waals surface area contributed by atoms with Gasteiger partial charge < -0.3 is 10.1 Å². The summed E-state index contributed by atoms with van der Waals surface area (Å²) in [6.07, 6.45) is 0.0577. The number of nitrogens with zero attached hydrogens (tertiary/aromatic N) is 3. The lowest BCUT2D eigenvalue weighted by Crippen LogP contribution is -2.42. The molecule has 160 valence electrons. The molecule has 0 spiro atoms. The van der Waals surface area contributed by atoms with E-state index in [1.54, 1.807) is 36.3 Å². The van der Waals surface area contributed by atoms with E-state index in [0.29, 0.717) is 23.9 Å². The molecule has 7 nitrogen and oxygen atoms in total. The molecule has 1 aliphatic heterocycles. The van der Waals surface area contributed by atoms with Crippen molar-refractivity contribution in [2.45, 2.75) is 19.0 Å². The quantitative estimate of drug-likeness (QED) is 0.520. The molecule has 0 radical (unpaired) electrons. The molecule has 0 aliphatic carbocycles. The number of hydrogen-bond donors (Lipinski definition) is 1. The second-order valence-electron chi connectivity index (χ2n) is 7.67. The molecule has 0 bridgehead atoms. The highest BCUT2D eigenvalue weighted by atomic mass is 16.5. The van der Waals surface area contributed by atoms with Crippen LogP contribution in [0.2, 0.25) is 0 Å². The van der Waals surface area contributed by atoms with Crippen molar-refractivity contribution in [2.24, 2.45) is 0 Å². The molecule has 0 saturated carbocycles. The van der Waals surface area contributed by atoms with Crippen LogP contribution in [-0.2, 0) is 16.1 Å². The second kappa shape index (κ2) is 8.19. The molecule has 3 aromatic carbocycles. The standard InChI is InChI=1S/C25H22N4O3/c1-32-19-13-11-18(12-14-19)26-24(31)22-15-23(30)28(16-17-7-3-2-4-8-17)25-27-20-9-5-6-10-21(20)29(22)25/h2-14,22H,15-16H2,1H3,(H,26,31)/t22-/m0/s1. The number of carbonyl (C=O) groups is 2. The monoisotopic (exact) mass is 426 g/mol. The number of para-hydroxylation sites is 2. The number of nitrogens with one attached hydrogen (secondary N) is 1. The van der Waals surface area contributed by atoms with Gasteiger partial charge in [-0.1, -0.05) is 42.5 Å². The summed E-state index contributed by atoms with van der Waals surface area (Å²) in [4.78, 5) is 32.8. The van der Waals surface area contributed by atoms with E-state index >= 15 is 0 Å². The molecule has 32 heavy (non-hydrogen) atoms. The van der Waals surface area contributed by atoms with Crippen LogP contribution in [0.1, 0.15) is 18.0 Å². The molecular weight excluding hydrogens is 404 g/mol. The number of methoxy groups -OCH3 is 1. The van der Waals surface area contributed by atoms with Crippen LogP contribution >= 0.6 is 0 Å². The highest BCUT2D eigenvalue weighted by Crippen LogP contribution is 2.35. The van der Waals surface area contributed by atoms with Crippen LogP contribution in [0, 0.1) is 0 Å². The van der Waals surface area contributed by atoms with Crippen molar-refractivity contribution < 1.29 is 14.3 Å². The number of benzene rings is 3. The molecule has 0 unspecified atom stereocenters. The summed E-state index contributed by atoms with van der Waals surface area (Å²) in [6, 6.07) is 23.8. The van der Waals surface area contributed by atoms with E-state index in [-0.39, 0.29) is 18.2 Å². The van der Waals surface area contributed by atoms with Gasteiger partial charge in [-0.2, -0.15) is 0 Å². The summed E-state index contributed by atoms with van der Waals surface area (Å²) in [5.41, 5.74) is 3.21. The summed E-state index contributed by atoms with van der Waals surface area (Å²) in [7, 11) is 1.59. The number of carbonyl (C=O) groups excluding carboxylic acids is 2. The predicted octanol–water partition coefficient (Wildman–Crippen LogP) is 4.16. The largest absolute Gasteiger partial charge is 0.497 e. The summed E-state index contributed by atoms with van der Waals surface area (Å²) in [6.45, 7) is 0.399. The van der Waals surface area contributed by atoms with Gasteiger partial charge in [0.05, 0.1) is 31.1 Å². The molecule has 1 atom stereocenters. The minimum atomic E-state index is -0.695. The van der Waals surface area contributed by atoms with E-state index in [1.165, 1.54) is 0 Å². The van der Waals surface area contributed by atoms with Gasteiger partial charge in [-0.15, -0.1) is 0 Å². The van der Waals surface area contributed by atoms with Gasteiger partial charge in [0.15, 0.2) is 0 Å². The Balaban J connectivity index is 1.52. The molecule has 5 rings (SSSR count). The van der Waals surface area contributed by atoms with Gasteiger partial charge in [0.1, 0.15) is 11.8 Å². The Morgan fingerprint density at radius 2 is 1.75 bits per heavy atom. The van der Waals surface area contributed by atoms with Crippen LogP contribution in [0.25, 0.3) is 11.0 Å². The normalized spacial score (nSPS) is 15.5. The van der Waals surface area contributed by atoms with Crippen molar-refractivity contribution in [2.75, 3.05) is 17.3 Å². The van der Waals surface area contributed by atoms with Crippen LogP contribution in [0.5, 0.6) is 5.75 Å². The fraction of sp³-hybridized carbons (Fsp3) is 0.160. The first-order chi connectivity index (χ1) is 15.6. The van der Waals surface area contributed by atoms with Crippen molar-refractivity contribution >= 4 is 34.5 Å². The smallest absolute Gasteiger partial charge is 0.248 e. The number of anilines is 2. The minimum absolute atomic E-state index is 0.0577. The fourth-order valence-corrected chi connectivity index (χ4v) is 4.04. The first-order valence-corrected chi connectivity index (χ1v) is 10.4. The lowest BCUT2D eigenvalue weighted by molar-refractivity contribution is -0.126. The van der Waals surface area contributed by atoms with E-state index in [1.807, 2.05) is 59.2 Å². The Bertz CT molecular complexity index is 1280. The zero-order chi connectivity index (χ0) is 22.1. The molecular formula is C25H22N4O3. The Morgan fingerprint density at radius 3 is 2.50 bits per heavy atom. The SMILES string of the molecule is COc1ccc(NC(=O)[C@@H]2CC(=O)N(Cc3ccccc3)c3nc4ccccc4n32)cc1. The lowest BCUT2D eigenvalue weighted by Gasteiger charge is -2.32. The second-order valence-corrected chi connectivity index (χ2v) is 7.67. The van der Waals surface area contributed by atoms with Crippen LogP contribution in [0.3, 0.4) is 0 Å². The minimum Gasteiger partial charge on any atom is -0.497 e. The maximum Gasteiger partial charge on any atom is 0.248 e. The third-order valence-corrected chi connectivity index (χ3v) is 5.64. The van der Waals surface area contributed by atoms with E-state index in [4.69, 9.17) is 9.72 Å². The summed E-state index contributed by atoms with van der Waals surface area (Å²) >= 11 is 0. The van der Waals surface area contributed by atoms with Crippen molar-refractivity contribution in [3.8, 4) is 5.75 Å². The summed E-state index contributed by atoms with van der Waals surface area (Å²) in [5.74, 6) is 0.801. The van der Waals surface area contributed by atoms with E-state index < -0.39 is 6.04 Å². The van der Waals surface area contributed by atoms with Gasteiger partial charge in [0.2, 0.25) is 17.8 Å². The third-order valence-electron chi connectivity index (χ3n) is 5.64. The predicted molar refractivity (Wildman–Crippen MR) is 123 cm³/mol. The van der Waals surface area contributed by atoms with Crippen molar-refractivity contribution in [1.82, 2.24) is 9.55 Å². The van der Waals surface area contributed by atoms with E-state index in [2.05, 4.69) is 5.32 Å². The van der Waals surface area contributed by atoms with Crippen LogP contribution < -0.4 is 15.0 Å². The van der Waals surface area contributed by atoms with Crippen molar-refractivity contribution in [3.05, 3.63) is 84.4 Å². The topological polar surface area (TPSA) is 76.5 Å². The Hall–Kier alpha value is -4.13. The molecule has 7 heteroatoms. The van der Waals surface area contributed by atoms with Gasteiger partial charge in [-0.05, 0) is 42.0 Å². The first kappa shape index (κ1) is 19.8. The van der Waals surface area contributed by atoms with E-state index in [9.17, 15) is 9.59 Å². The first-order valence-electron chi connectivity index (χ1n) is 10.4. The Labute approximate surface area is 185 Å². The Kier molecular flexibility index (Phi) is 5.07. The van der Waals surface area contributed by atoms with E-state index in [0.717, 1.165) is 16.6 Å². The summed E-state index contributed by atoms with van der Waals surface area (Å²) < 4.78 is 7.05.